The first kappa shape index (κ1) is 13.4. The number of thioether (sulfide) groups is 1. The van der Waals surface area contributed by atoms with Crippen LogP contribution < -0.4 is 0 Å². The lowest BCUT2D eigenvalue weighted by Crippen LogP contribution is -2.32. The van der Waals surface area contributed by atoms with Gasteiger partial charge in [-0.05, 0) is 42.5 Å². The Morgan fingerprint density at radius 3 is 2.53 bits per heavy atom. The number of aromatic hydroxyl groups is 1. The predicted octanol–water partition coefficient (Wildman–Crippen LogP) is 2.02. The average Bonchev–Trinajstić information content (AvgIpc) is 2.60. The zero-order valence-electron chi connectivity index (χ0n) is 10.1. The van der Waals surface area contributed by atoms with Crippen LogP contribution in [-0.2, 0) is 9.59 Å². The molecule has 0 bridgehead atoms. The molecular weight excluding hydrogens is 266 g/mol. The van der Waals surface area contributed by atoms with E-state index in [4.69, 9.17) is 5.11 Å². The van der Waals surface area contributed by atoms with E-state index in [0.717, 1.165) is 16.7 Å². The molecule has 1 aliphatic rings. The summed E-state index contributed by atoms with van der Waals surface area (Å²) < 4.78 is 0. The number of rotatable bonds is 3. The minimum absolute atomic E-state index is 0.127. The van der Waals surface area contributed by atoms with Crippen molar-refractivity contribution in [3.8, 4) is 5.75 Å². The van der Waals surface area contributed by atoms with E-state index in [1.165, 1.54) is 19.1 Å². The number of nitrogens with zero attached hydrogens (tertiary/aromatic N) is 1. The number of hydrogen-bond donors (Lipinski definition) is 1. The molecular formula is C13H11NO4S. The molecule has 0 unspecified atom stereocenters. The summed E-state index contributed by atoms with van der Waals surface area (Å²) in [5, 5.41) is 8.72. The highest BCUT2D eigenvalue weighted by atomic mass is 32.2. The molecule has 2 amide bonds. The first-order valence-corrected chi connectivity index (χ1v) is 6.33. The minimum Gasteiger partial charge on any atom is -0.508 e. The van der Waals surface area contributed by atoms with E-state index in [2.05, 4.69) is 0 Å². The molecule has 0 aliphatic carbocycles. The lowest BCUT2D eigenvalue weighted by Gasteiger charge is -2.08. The van der Waals surface area contributed by atoms with Gasteiger partial charge in [0.2, 0.25) is 0 Å². The van der Waals surface area contributed by atoms with E-state index in [1.54, 1.807) is 18.2 Å². The SMILES string of the molecule is CC(=O)CN1C(=O)S/C(=C\c2ccc(O)cc2)C1=O. The number of phenols is 1. The summed E-state index contributed by atoms with van der Waals surface area (Å²) in [5.41, 5.74) is 0.700. The quantitative estimate of drug-likeness (QED) is 0.855. The van der Waals surface area contributed by atoms with Gasteiger partial charge in [-0.25, -0.2) is 0 Å². The smallest absolute Gasteiger partial charge is 0.293 e. The first-order chi connectivity index (χ1) is 8.97. The summed E-state index contributed by atoms with van der Waals surface area (Å²) >= 11 is 0.807. The highest BCUT2D eigenvalue weighted by Crippen LogP contribution is 2.32. The Balaban J connectivity index is 2.23. The van der Waals surface area contributed by atoms with Crippen molar-refractivity contribution < 1.29 is 19.5 Å². The fourth-order valence-corrected chi connectivity index (χ4v) is 2.42. The molecule has 0 atom stereocenters. The van der Waals surface area contributed by atoms with E-state index >= 15 is 0 Å². The number of phenolic OH excluding ortho intramolecular Hbond substituents is 1. The van der Waals surface area contributed by atoms with Gasteiger partial charge < -0.3 is 5.11 Å². The van der Waals surface area contributed by atoms with Crippen LogP contribution in [0.1, 0.15) is 12.5 Å². The molecule has 1 aromatic rings. The summed E-state index contributed by atoms with van der Waals surface area (Å²) in [7, 11) is 0. The van der Waals surface area contributed by atoms with Crippen LogP contribution in [0.2, 0.25) is 0 Å². The molecule has 2 rings (SSSR count). The number of imide groups is 1. The highest BCUT2D eigenvalue weighted by molar-refractivity contribution is 8.18. The number of amides is 2. The molecule has 5 nitrogen and oxygen atoms in total. The third kappa shape index (κ3) is 3.03. The zero-order valence-corrected chi connectivity index (χ0v) is 10.9. The molecule has 1 heterocycles. The molecule has 0 radical (unpaired) electrons. The zero-order chi connectivity index (χ0) is 14.0. The van der Waals surface area contributed by atoms with Crippen LogP contribution in [0.3, 0.4) is 0 Å². The van der Waals surface area contributed by atoms with Gasteiger partial charge in [0.15, 0.2) is 0 Å². The Morgan fingerprint density at radius 2 is 1.95 bits per heavy atom. The average molecular weight is 277 g/mol. The van der Waals surface area contributed by atoms with E-state index < -0.39 is 11.1 Å². The van der Waals surface area contributed by atoms with Crippen molar-refractivity contribution in [2.24, 2.45) is 0 Å². The lowest BCUT2D eigenvalue weighted by molar-refractivity contribution is -0.127. The largest absolute Gasteiger partial charge is 0.508 e. The maximum atomic E-state index is 11.9. The molecule has 19 heavy (non-hydrogen) atoms. The monoisotopic (exact) mass is 277 g/mol. The summed E-state index contributed by atoms with van der Waals surface area (Å²) in [6, 6.07) is 6.25. The van der Waals surface area contributed by atoms with Gasteiger partial charge in [0, 0.05) is 0 Å². The van der Waals surface area contributed by atoms with E-state index in [1.807, 2.05) is 0 Å². The van der Waals surface area contributed by atoms with Crippen molar-refractivity contribution in [3.63, 3.8) is 0 Å². The molecule has 1 N–H and O–H groups in total. The predicted molar refractivity (Wildman–Crippen MR) is 71.5 cm³/mol. The standard InChI is InChI=1S/C13H11NO4S/c1-8(15)7-14-12(17)11(19-13(14)18)6-9-2-4-10(16)5-3-9/h2-6,16H,7H2,1H3/b11-6-. The minimum atomic E-state index is -0.460. The van der Waals surface area contributed by atoms with Crippen molar-refractivity contribution >= 4 is 34.8 Å². The molecule has 0 spiro atoms. The number of carbonyl (C=O) groups is 3. The van der Waals surface area contributed by atoms with Crippen LogP contribution in [-0.4, -0.2) is 33.5 Å². The number of ketones is 1. The molecule has 1 fully saturated rings. The number of benzene rings is 1. The fourth-order valence-electron chi connectivity index (χ4n) is 1.58. The number of Topliss-reactive ketones (excluding diaryl/α,β-unsaturated/α-hetero) is 1. The van der Waals surface area contributed by atoms with Crippen molar-refractivity contribution in [2.45, 2.75) is 6.92 Å². The summed E-state index contributed by atoms with van der Waals surface area (Å²) in [6.45, 7) is 1.13. The van der Waals surface area contributed by atoms with Crippen LogP contribution in [0, 0.1) is 0 Å². The van der Waals surface area contributed by atoms with Crippen LogP contribution in [0.4, 0.5) is 4.79 Å². The first-order valence-electron chi connectivity index (χ1n) is 5.51. The van der Waals surface area contributed by atoms with Crippen molar-refractivity contribution in [2.75, 3.05) is 6.54 Å². The van der Waals surface area contributed by atoms with E-state index in [9.17, 15) is 14.4 Å². The second-order valence-electron chi connectivity index (χ2n) is 4.06. The van der Waals surface area contributed by atoms with Crippen LogP contribution in [0.5, 0.6) is 5.75 Å². The van der Waals surface area contributed by atoms with Crippen LogP contribution in [0.25, 0.3) is 6.08 Å². The normalized spacial score (nSPS) is 17.3. The molecule has 1 aromatic carbocycles. The molecule has 6 heteroatoms. The van der Waals surface area contributed by atoms with Gasteiger partial charge in [0.05, 0.1) is 11.4 Å². The summed E-state index contributed by atoms with van der Waals surface area (Å²) in [5.74, 6) is -0.576. The van der Waals surface area contributed by atoms with E-state index in [-0.39, 0.29) is 23.0 Å². The second kappa shape index (κ2) is 5.27. The van der Waals surface area contributed by atoms with Gasteiger partial charge in [-0.3, -0.25) is 19.3 Å². The Labute approximate surface area is 113 Å². The Morgan fingerprint density at radius 1 is 1.32 bits per heavy atom. The lowest BCUT2D eigenvalue weighted by atomic mass is 10.2. The molecule has 0 saturated carbocycles. The van der Waals surface area contributed by atoms with Crippen molar-refractivity contribution in [3.05, 3.63) is 34.7 Å². The summed E-state index contributed by atoms with van der Waals surface area (Å²) in [4.78, 5) is 35.7. The van der Waals surface area contributed by atoms with Gasteiger partial charge in [0.1, 0.15) is 11.5 Å². The Hall–Kier alpha value is -2.08. The third-order valence-corrected chi connectivity index (χ3v) is 3.35. The van der Waals surface area contributed by atoms with Crippen LogP contribution in [0.15, 0.2) is 29.2 Å². The molecule has 98 valence electrons. The maximum Gasteiger partial charge on any atom is 0.293 e. The molecule has 0 aromatic heterocycles. The fraction of sp³-hybridized carbons (Fsp3) is 0.154. The van der Waals surface area contributed by atoms with Gasteiger partial charge in [-0.2, -0.15) is 0 Å². The molecule has 1 saturated heterocycles. The van der Waals surface area contributed by atoms with Gasteiger partial charge >= 0.3 is 0 Å². The van der Waals surface area contributed by atoms with Crippen molar-refractivity contribution in [1.29, 1.82) is 0 Å². The number of carbonyl (C=O) groups excluding carboxylic acids is 3. The number of hydrogen-bond acceptors (Lipinski definition) is 5. The van der Waals surface area contributed by atoms with Crippen molar-refractivity contribution in [1.82, 2.24) is 4.90 Å². The van der Waals surface area contributed by atoms with Gasteiger partial charge in [-0.1, -0.05) is 12.1 Å². The van der Waals surface area contributed by atoms with Gasteiger partial charge in [0.25, 0.3) is 11.1 Å². The Bertz CT molecular complexity index is 577. The second-order valence-corrected chi connectivity index (χ2v) is 5.05. The topological polar surface area (TPSA) is 74.7 Å². The summed E-state index contributed by atoms with van der Waals surface area (Å²) in [6.07, 6.45) is 1.56. The van der Waals surface area contributed by atoms with Crippen LogP contribution >= 0.6 is 11.8 Å². The van der Waals surface area contributed by atoms with E-state index in [0.29, 0.717) is 5.56 Å². The van der Waals surface area contributed by atoms with Gasteiger partial charge in [-0.15, -0.1) is 0 Å². The molecule has 1 aliphatic heterocycles. The third-order valence-electron chi connectivity index (χ3n) is 2.45. The highest BCUT2D eigenvalue weighted by Gasteiger charge is 2.35. The Kier molecular flexibility index (Phi) is 3.71. The maximum absolute atomic E-state index is 11.9.